The van der Waals surface area contributed by atoms with Gasteiger partial charge in [0.25, 0.3) is 0 Å². The van der Waals surface area contributed by atoms with Gasteiger partial charge in [0.05, 0.1) is 12.8 Å². The Morgan fingerprint density at radius 1 is 1.62 bits per heavy atom. The molecule has 0 saturated carbocycles. The maximum atomic E-state index is 5.38. The first-order chi connectivity index (χ1) is 6.36. The van der Waals surface area contributed by atoms with Crippen molar-refractivity contribution in [3.63, 3.8) is 0 Å². The number of hydrogen-bond donors (Lipinski definition) is 1. The minimum atomic E-state index is 0.717. The fourth-order valence-electron chi connectivity index (χ4n) is 0.922. The van der Waals surface area contributed by atoms with E-state index in [4.69, 9.17) is 10.5 Å². The molecule has 1 aromatic heterocycles. The van der Waals surface area contributed by atoms with Crippen LogP contribution in [-0.4, -0.2) is 24.4 Å². The number of thioether (sulfide) groups is 1. The molecule has 0 atom stereocenters. The van der Waals surface area contributed by atoms with Crippen molar-refractivity contribution in [2.24, 2.45) is 5.73 Å². The molecule has 0 fully saturated rings. The number of nitrogens with zero attached hydrogens (tertiary/aromatic N) is 1. The van der Waals surface area contributed by atoms with Crippen molar-refractivity contribution in [2.75, 3.05) is 19.4 Å². The van der Waals surface area contributed by atoms with Crippen LogP contribution in [-0.2, 0) is 5.75 Å². The number of ether oxygens (including phenoxy) is 1. The summed E-state index contributed by atoms with van der Waals surface area (Å²) in [7, 11) is 1.66. The van der Waals surface area contributed by atoms with E-state index in [1.54, 1.807) is 25.1 Å². The Bertz CT molecular complexity index is 255. The maximum absolute atomic E-state index is 5.38. The van der Waals surface area contributed by atoms with Crippen LogP contribution >= 0.6 is 11.8 Å². The summed E-state index contributed by atoms with van der Waals surface area (Å²) in [5, 5.41) is 0. The zero-order valence-corrected chi connectivity index (χ0v) is 8.51. The highest BCUT2D eigenvalue weighted by atomic mass is 32.2. The lowest BCUT2D eigenvalue weighted by Crippen LogP contribution is -2.01. The van der Waals surface area contributed by atoms with Crippen LogP contribution in [0.15, 0.2) is 18.3 Å². The lowest BCUT2D eigenvalue weighted by atomic mass is 10.3. The standard InChI is InChI=1S/C9H14N2OS/c1-12-9-2-4-11-8(6-9)7-13-5-3-10/h2,4,6H,3,5,7,10H2,1H3. The van der Waals surface area contributed by atoms with Crippen LogP contribution in [0, 0.1) is 0 Å². The number of nitrogens with two attached hydrogens (primary N) is 1. The predicted molar refractivity (Wildman–Crippen MR) is 56.0 cm³/mol. The van der Waals surface area contributed by atoms with Gasteiger partial charge < -0.3 is 10.5 Å². The molecule has 0 bridgehead atoms. The monoisotopic (exact) mass is 198 g/mol. The van der Waals surface area contributed by atoms with Crippen molar-refractivity contribution in [2.45, 2.75) is 5.75 Å². The third kappa shape index (κ3) is 3.65. The maximum Gasteiger partial charge on any atom is 0.122 e. The second-order valence-electron chi connectivity index (χ2n) is 2.53. The summed E-state index contributed by atoms with van der Waals surface area (Å²) < 4.78 is 5.09. The molecule has 0 spiro atoms. The Hall–Kier alpha value is -0.740. The van der Waals surface area contributed by atoms with E-state index in [1.165, 1.54) is 0 Å². The van der Waals surface area contributed by atoms with E-state index in [0.29, 0.717) is 6.54 Å². The van der Waals surface area contributed by atoms with Gasteiger partial charge in [-0.15, -0.1) is 0 Å². The van der Waals surface area contributed by atoms with Gasteiger partial charge >= 0.3 is 0 Å². The fourth-order valence-corrected chi connectivity index (χ4v) is 1.60. The molecule has 2 N–H and O–H groups in total. The third-order valence-electron chi connectivity index (χ3n) is 1.54. The molecule has 0 aliphatic carbocycles. The van der Waals surface area contributed by atoms with E-state index in [-0.39, 0.29) is 0 Å². The molecular formula is C9H14N2OS. The summed E-state index contributed by atoms with van der Waals surface area (Å²) in [4.78, 5) is 4.22. The smallest absolute Gasteiger partial charge is 0.122 e. The second-order valence-corrected chi connectivity index (χ2v) is 3.63. The first-order valence-electron chi connectivity index (χ1n) is 4.13. The fraction of sp³-hybridized carbons (Fsp3) is 0.444. The van der Waals surface area contributed by atoms with E-state index >= 15 is 0 Å². The van der Waals surface area contributed by atoms with Gasteiger partial charge in [-0.3, -0.25) is 4.98 Å². The van der Waals surface area contributed by atoms with E-state index < -0.39 is 0 Å². The first-order valence-corrected chi connectivity index (χ1v) is 5.29. The zero-order chi connectivity index (χ0) is 9.52. The van der Waals surface area contributed by atoms with Gasteiger partial charge in [0.1, 0.15) is 5.75 Å². The molecule has 0 aliphatic heterocycles. The third-order valence-corrected chi connectivity index (χ3v) is 2.56. The lowest BCUT2D eigenvalue weighted by molar-refractivity contribution is 0.413. The Balaban J connectivity index is 2.46. The number of methoxy groups -OCH3 is 1. The van der Waals surface area contributed by atoms with Crippen LogP contribution in [0.25, 0.3) is 0 Å². The Morgan fingerprint density at radius 3 is 3.15 bits per heavy atom. The Labute approximate surface area is 82.7 Å². The first kappa shape index (κ1) is 10.3. The molecule has 0 aromatic carbocycles. The highest BCUT2D eigenvalue weighted by molar-refractivity contribution is 7.98. The van der Waals surface area contributed by atoms with Gasteiger partial charge in [-0.05, 0) is 6.07 Å². The van der Waals surface area contributed by atoms with Gasteiger partial charge in [0, 0.05) is 30.3 Å². The normalized spacial score (nSPS) is 10.0. The summed E-state index contributed by atoms with van der Waals surface area (Å²) >= 11 is 1.78. The molecule has 1 aromatic rings. The van der Waals surface area contributed by atoms with Crippen molar-refractivity contribution >= 4 is 11.8 Å². The average molecular weight is 198 g/mol. The summed E-state index contributed by atoms with van der Waals surface area (Å²) in [6.45, 7) is 0.717. The summed E-state index contributed by atoms with van der Waals surface area (Å²) in [5.41, 5.74) is 6.42. The minimum absolute atomic E-state index is 0.717. The van der Waals surface area contributed by atoms with Gasteiger partial charge in [0.2, 0.25) is 0 Å². The van der Waals surface area contributed by atoms with Crippen LogP contribution in [0.3, 0.4) is 0 Å². The number of hydrogen-bond acceptors (Lipinski definition) is 4. The zero-order valence-electron chi connectivity index (χ0n) is 7.69. The lowest BCUT2D eigenvalue weighted by Gasteiger charge is -2.02. The average Bonchev–Trinajstić information content (AvgIpc) is 2.19. The number of rotatable bonds is 5. The molecule has 0 amide bonds. The van der Waals surface area contributed by atoms with Gasteiger partial charge in [-0.25, -0.2) is 0 Å². The van der Waals surface area contributed by atoms with Crippen molar-refractivity contribution in [1.29, 1.82) is 0 Å². The van der Waals surface area contributed by atoms with Gasteiger partial charge in [-0.1, -0.05) is 0 Å². The van der Waals surface area contributed by atoms with Crippen LogP contribution in [0.2, 0.25) is 0 Å². The molecule has 1 rings (SSSR count). The number of pyridine rings is 1. The molecule has 0 radical (unpaired) electrons. The molecule has 72 valence electrons. The summed E-state index contributed by atoms with van der Waals surface area (Å²) in [5.74, 6) is 2.73. The van der Waals surface area contributed by atoms with Crippen LogP contribution in [0.1, 0.15) is 5.69 Å². The highest BCUT2D eigenvalue weighted by Gasteiger charge is 1.96. The van der Waals surface area contributed by atoms with Crippen LogP contribution in [0.4, 0.5) is 0 Å². The van der Waals surface area contributed by atoms with Crippen molar-refractivity contribution < 1.29 is 4.74 Å². The summed E-state index contributed by atoms with van der Waals surface area (Å²) in [6, 6.07) is 3.79. The van der Waals surface area contributed by atoms with E-state index in [9.17, 15) is 0 Å². The van der Waals surface area contributed by atoms with Gasteiger partial charge in [-0.2, -0.15) is 11.8 Å². The van der Waals surface area contributed by atoms with Crippen molar-refractivity contribution in [3.8, 4) is 5.75 Å². The molecule has 0 unspecified atom stereocenters. The van der Waals surface area contributed by atoms with Crippen LogP contribution < -0.4 is 10.5 Å². The summed E-state index contributed by atoms with van der Waals surface area (Å²) in [6.07, 6.45) is 1.76. The van der Waals surface area contributed by atoms with Crippen LogP contribution in [0.5, 0.6) is 5.75 Å². The second kappa shape index (κ2) is 5.83. The van der Waals surface area contributed by atoms with E-state index in [0.717, 1.165) is 22.9 Å². The SMILES string of the molecule is COc1ccnc(CSCCN)c1. The minimum Gasteiger partial charge on any atom is -0.497 e. The highest BCUT2D eigenvalue weighted by Crippen LogP contribution is 2.14. The molecule has 3 nitrogen and oxygen atoms in total. The largest absolute Gasteiger partial charge is 0.497 e. The van der Waals surface area contributed by atoms with E-state index in [2.05, 4.69) is 4.98 Å². The molecular weight excluding hydrogens is 184 g/mol. The molecule has 0 saturated heterocycles. The van der Waals surface area contributed by atoms with Gasteiger partial charge in [0.15, 0.2) is 0 Å². The number of aromatic nitrogens is 1. The molecule has 0 aliphatic rings. The molecule has 4 heteroatoms. The topological polar surface area (TPSA) is 48.1 Å². The Morgan fingerprint density at radius 2 is 2.46 bits per heavy atom. The van der Waals surface area contributed by atoms with E-state index in [1.807, 2.05) is 12.1 Å². The quantitative estimate of drug-likeness (QED) is 0.724. The van der Waals surface area contributed by atoms with Crippen molar-refractivity contribution in [3.05, 3.63) is 24.0 Å². The predicted octanol–water partition coefficient (Wildman–Crippen LogP) is 1.28. The van der Waals surface area contributed by atoms with Crippen molar-refractivity contribution in [1.82, 2.24) is 4.98 Å². The molecule has 13 heavy (non-hydrogen) atoms. The molecule has 1 heterocycles. The Kier molecular flexibility index (Phi) is 4.64.